The molecule has 0 aromatic heterocycles. The number of nitrogens with one attached hydrogen (secondary N) is 2. The van der Waals surface area contributed by atoms with Crippen LogP contribution in [0.4, 0.5) is 0 Å². The summed E-state index contributed by atoms with van der Waals surface area (Å²) in [6.45, 7) is 0.381. The Morgan fingerprint density at radius 1 is 1.04 bits per heavy atom. The van der Waals surface area contributed by atoms with Gasteiger partial charge in [0.2, 0.25) is 10.0 Å². The second kappa shape index (κ2) is 8.54. The van der Waals surface area contributed by atoms with E-state index in [1.807, 2.05) is 24.3 Å². The molecule has 27 heavy (non-hydrogen) atoms. The van der Waals surface area contributed by atoms with Gasteiger partial charge in [-0.3, -0.25) is 4.79 Å². The van der Waals surface area contributed by atoms with Crippen LogP contribution in [0.2, 0.25) is 0 Å². The second-order valence-electron chi connectivity index (χ2n) is 6.66. The maximum atomic E-state index is 12.4. The molecule has 6 nitrogen and oxygen atoms in total. The Morgan fingerprint density at radius 2 is 1.67 bits per heavy atom. The standard InChI is InChI=1S/C20H24N2O4S/c1-26-18-10-6-15(7-11-18)14-21-20(23)16-8-12-19(13-9-16)27(24,25)22-17-4-2-3-5-17/h6-13,17,22H,2-5,14H2,1H3,(H,21,23). The fourth-order valence-electron chi connectivity index (χ4n) is 3.14. The number of rotatable bonds is 7. The Labute approximate surface area is 160 Å². The minimum absolute atomic E-state index is 0.0162. The molecule has 0 aliphatic heterocycles. The minimum atomic E-state index is -3.54. The summed E-state index contributed by atoms with van der Waals surface area (Å²) in [5.74, 6) is 0.506. The number of hydrogen-bond donors (Lipinski definition) is 2. The number of sulfonamides is 1. The van der Waals surface area contributed by atoms with Gasteiger partial charge in [0.15, 0.2) is 0 Å². The van der Waals surface area contributed by atoms with Gasteiger partial charge in [0.1, 0.15) is 5.75 Å². The third-order valence-corrected chi connectivity index (χ3v) is 6.25. The average molecular weight is 388 g/mol. The topological polar surface area (TPSA) is 84.5 Å². The summed E-state index contributed by atoms with van der Waals surface area (Å²) in [7, 11) is -1.94. The molecule has 3 rings (SSSR count). The van der Waals surface area contributed by atoms with Crippen molar-refractivity contribution in [3.05, 3.63) is 59.7 Å². The van der Waals surface area contributed by atoms with Crippen molar-refractivity contribution >= 4 is 15.9 Å². The molecule has 0 bridgehead atoms. The molecule has 1 fully saturated rings. The second-order valence-corrected chi connectivity index (χ2v) is 8.37. The first-order valence-electron chi connectivity index (χ1n) is 9.01. The van der Waals surface area contributed by atoms with Gasteiger partial charge in [-0.1, -0.05) is 25.0 Å². The van der Waals surface area contributed by atoms with E-state index in [9.17, 15) is 13.2 Å². The van der Waals surface area contributed by atoms with Crippen LogP contribution in [0.3, 0.4) is 0 Å². The van der Waals surface area contributed by atoms with Gasteiger partial charge in [-0.05, 0) is 54.8 Å². The molecule has 2 aromatic rings. The van der Waals surface area contributed by atoms with Gasteiger partial charge in [-0.2, -0.15) is 0 Å². The van der Waals surface area contributed by atoms with Gasteiger partial charge in [-0.15, -0.1) is 0 Å². The third-order valence-electron chi connectivity index (χ3n) is 4.72. The molecule has 0 heterocycles. The van der Waals surface area contributed by atoms with Crippen LogP contribution in [0.5, 0.6) is 5.75 Å². The Balaban J connectivity index is 1.59. The third kappa shape index (κ3) is 5.08. The fourth-order valence-corrected chi connectivity index (χ4v) is 4.45. The zero-order chi connectivity index (χ0) is 19.3. The van der Waals surface area contributed by atoms with Crippen molar-refractivity contribution < 1.29 is 17.9 Å². The summed E-state index contributed by atoms with van der Waals surface area (Å²) in [6, 6.07) is 13.4. The maximum Gasteiger partial charge on any atom is 0.251 e. The van der Waals surface area contributed by atoms with Crippen LogP contribution >= 0.6 is 0 Å². The predicted octanol–water partition coefficient (Wildman–Crippen LogP) is 2.85. The van der Waals surface area contributed by atoms with E-state index in [0.717, 1.165) is 37.0 Å². The molecule has 0 unspecified atom stereocenters. The monoisotopic (exact) mass is 388 g/mol. The van der Waals surface area contributed by atoms with Crippen LogP contribution < -0.4 is 14.8 Å². The molecule has 0 saturated heterocycles. The van der Waals surface area contributed by atoms with Gasteiger partial charge >= 0.3 is 0 Å². The molecule has 1 saturated carbocycles. The zero-order valence-corrected chi connectivity index (χ0v) is 16.1. The van der Waals surface area contributed by atoms with Gasteiger partial charge in [0.25, 0.3) is 5.91 Å². The summed E-state index contributed by atoms with van der Waals surface area (Å²) in [5.41, 5.74) is 1.37. The van der Waals surface area contributed by atoms with Crippen LogP contribution in [0.25, 0.3) is 0 Å². The SMILES string of the molecule is COc1ccc(CNC(=O)c2ccc(S(=O)(=O)NC3CCCC3)cc2)cc1. The molecule has 1 aliphatic rings. The van der Waals surface area contributed by atoms with E-state index < -0.39 is 10.0 Å². The number of amides is 1. The van der Waals surface area contributed by atoms with Gasteiger partial charge in [0, 0.05) is 18.2 Å². The first-order valence-corrected chi connectivity index (χ1v) is 10.5. The molecule has 2 aromatic carbocycles. The molecule has 0 atom stereocenters. The quantitative estimate of drug-likeness (QED) is 0.764. The molecule has 0 radical (unpaired) electrons. The highest BCUT2D eigenvalue weighted by Crippen LogP contribution is 2.20. The van der Waals surface area contributed by atoms with E-state index in [-0.39, 0.29) is 16.8 Å². The molecule has 1 amide bonds. The van der Waals surface area contributed by atoms with E-state index in [1.54, 1.807) is 7.11 Å². The van der Waals surface area contributed by atoms with Gasteiger partial charge in [-0.25, -0.2) is 13.1 Å². The molecule has 1 aliphatic carbocycles. The number of hydrogen-bond acceptors (Lipinski definition) is 4. The van der Waals surface area contributed by atoms with Crippen LogP contribution in [0, 0.1) is 0 Å². The lowest BCUT2D eigenvalue weighted by Gasteiger charge is -2.13. The van der Waals surface area contributed by atoms with Crippen molar-refractivity contribution in [2.45, 2.75) is 43.2 Å². The van der Waals surface area contributed by atoms with E-state index in [1.165, 1.54) is 24.3 Å². The molecule has 7 heteroatoms. The van der Waals surface area contributed by atoms with Gasteiger partial charge < -0.3 is 10.1 Å². The summed E-state index contributed by atoms with van der Waals surface area (Å²) in [4.78, 5) is 12.5. The molecule has 0 spiro atoms. The minimum Gasteiger partial charge on any atom is -0.497 e. The lowest BCUT2D eigenvalue weighted by atomic mass is 10.2. The molecular formula is C20H24N2O4S. The normalized spacial score (nSPS) is 14.9. The van der Waals surface area contributed by atoms with Crippen LogP contribution in [-0.2, 0) is 16.6 Å². The van der Waals surface area contributed by atoms with E-state index >= 15 is 0 Å². The lowest BCUT2D eigenvalue weighted by molar-refractivity contribution is 0.0951. The Hall–Kier alpha value is -2.38. The highest BCUT2D eigenvalue weighted by atomic mass is 32.2. The largest absolute Gasteiger partial charge is 0.497 e. The van der Waals surface area contributed by atoms with Crippen molar-refractivity contribution in [2.24, 2.45) is 0 Å². The molecule has 2 N–H and O–H groups in total. The van der Waals surface area contributed by atoms with Crippen LogP contribution in [0.1, 0.15) is 41.6 Å². The molecular weight excluding hydrogens is 364 g/mol. The van der Waals surface area contributed by atoms with Crippen molar-refractivity contribution in [2.75, 3.05) is 7.11 Å². The van der Waals surface area contributed by atoms with Crippen molar-refractivity contribution in [1.29, 1.82) is 0 Å². The number of carbonyl (C=O) groups is 1. The summed E-state index contributed by atoms with van der Waals surface area (Å²) in [5, 5.41) is 2.82. The van der Waals surface area contributed by atoms with Crippen LogP contribution in [0.15, 0.2) is 53.4 Å². The Morgan fingerprint density at radius 3 is 2.26 bits per heavy atom. The average Bonchev–Trinajstić information content (AvgIpc) is 3.19. The van der Waals surface area contributed by atoms with E-state index in [4.69, 9.17) is 4.74 Å². The molecule has 144 valence electrons. The summed E-state index contributed by atoms with van der Waals surface area (Å²) >= 11 is 0. The first kappa shape index (κ1) is 19.4. The number of ether oxygens (including phenoxy) is 1. The van der Waals surface area contributed by atoms with Crippen molar-refractivity contribution in [3.63, 3.8) is 0 Å². The Bertz CT molecular complexity index is 871. The predicted molar refractivity (Wildman–Crippen MR) is 103 cm³/mol. The number of carbonyl (C=O) groups excluding carboxylic acids is 1. The zero-order valence-electron chi connectivity index (χ0n) is 15.3. The van der Waals surface area contributed by atoms with Crippen molar-refractivity contribution in [3.8, 4) is 5.75 Å². The van der Waals surface area contributed by atoms with E-state index in [0.29, 0.717) is 12.1 Å². The Kier molecular flexibility index (Phi) is 6.13. The highest BCUT2D eigenvalue weighted by molar-refractivity contribution is 7.89. The highest BCUT2D eigenvalue weighted by Gasteiger charge is 2.23. The smallest absolute Gasteiger partial charge is 0.251 e. The summed E-state index contributed by atoms with van der Waals surface area (Å²) < 4.78 is 32.7. The van der Waals surface area contributed by atoms with Crippen molar-refractivity contribution in [1.82, 2.24) is 10.0 Å². The summed E-state index contributed by atoms with van der Waals surface area (Å²) in [6.07, 6.45) is 3.87. The lowest BCUT2D eigenvalue weighted by Crippen LogP contribution is -2.32. The number of methoxy groups -OCH3 is 1. The van der Waals surface area contributed by atoms with Crippen LogP contribution in [-0.4, -0.2) is 27.5 Å². The number of benzene rings is 2. The van der Waals surface area contributed by atoms with E-state index in [2.05, 4.69) is 10.0 Å². The first-order chi connectivity index (χ1) is 13.0. The fraction of sp³-hybridized carbons (Fsp3) is 0.350. The maximum absolute atomic E-state index is 12.4. The van der Waals surface area contributed by atoms with Gasteiger partial charge in [0.05, 0.1) is 12.0 Å².